The molecular weight excluding hydrogens is 412 g/mol. The molecular formula is C23H28N4O3S. The molecule has 0 atom stereocenters. The molecule has 31 heavy (non-hydrogen) atoms. The maximum absolute atomic E-state index is 13.6. The van der Waals surface area contributed by atoms with Gasteiger partial charge in [-0.1, -0.05) is 37.3 Å². The third kappa shape index (κ3) is 4.75. The van der Waals surface area contributed by atoms with Gasteiger partial charge in [0.05, 0.1) is 15.1 Å². The molecule has 0 saturated carbocycles. The fourth-order valence-corrected chi connectivity index (χ4v) is 4.90. The lowest BCUT2D eigenvalue weighted by Gasteiger charge is -2.25. The van der Waals surface area contributed by atoms with Crippen molar-refractivity contribution >= 4 is 38.3 Å². The number of carbonyl (C=O) groups is 1. The van der Waals surface area contributed by atoms with Gasteiger partial charge < -0.3 is 4.90 Å². The van der Waals surface area contributed by atoms with Crippen LogP contribution < -0.4 is 4.90 Å². The maximum Gasteiger partial charge on any atom is 0.273 e. The molecule has 1 heterocycles. The summed E-state index contributed by atoms with van der Waals surface area (Å²) in [6, 6.07) is 8.80. The summed E-state index contributed by atoms with van der Waals surface area (Å²) in [5.41, 5.74) is 3.77. The Morgan fingerprint density at radius 2 is 1.84 bits per heavy atom. The average molecular weight is 441 g/mol. The topological polar surface area (TPSA) is 79.6 Å². The highest BCUT2D eigenvalue weighted by Crippen LogP contribution is 2.33. The molecule has 0 unspecified atom stereocenters. The van der Waals surface area contributed by atoms with E-state index in [2.05, 4.69) is 30.9 Å². The first-order chi connectivity index (χ1) is 14.8. The highest BCUT2D eigenvalue weighted by molar-refractivity contribution is 7.22. The minimum absolute atomic E-state index is 0.0506. The number of hydrogen-bond acceptors (Lipinski definition) is 6. The second kappa shape index (κ2) is 9.53. The van der Waals surface area contributed by atoms with Gasteiger partial charge in [-0.05, 0) is 57.1 Å². The van der Waals surface area contributed by atoms with Crippen LogP contribution in [-0.4, -0.2) is 46.9 Å². The van der Waals surface area contributed by atoms with Crippen molar-refractivity contribution < 1.29 is 9.72 Å². The van der Waals surface area contributed by atoms with Crippen molar-refractivity contribution in [1.82, 2.24) is 9.88 Å². The average Bonchev–Trinajstić information content (AvgIpc) is 3.14. The smallest absolute Gasteiger partial charge is 0.273 e. The van der Waals surface area contributed by atoms with Gasteiger partial charge in [0.1, 0.15) is 0 Å². The highest BCUT2D eigenvalue weighted by atomic mass is 32.1. The SMILES string of the molecule is CCN(CC)CCN(C(=O)c1cccc([N+](=O)[O-])c1C)c1nc2c(C)cc(C)cc2s1. The largest absolute Gasteiger partial charge is 0.302 e. The lowest BCUT2D eigenvalue weighted by atomic mass is 10.1. The van der Waals surface area contributed by atoms with Crippen molar-refractivity contribution in [2.24, 2.45) is 0 Å². The summed E-state index contributed by atoms with van der Waals surface area (Å²) in [6.07, 6.45) is 0. The fourth-order valence-electron chi connectivity index (χ4n) is 3.74. The summed E-state index contributed by atoms with van der Waals surface area (Å²) in [5, 5.41) is 12.0. The molecule has 0 aliphatic carbocycles. The predicted octanol–water partition coefficient (Wildman–Crippen LogP) is 5.12. The number of aryl methyl sites for hydroxylation is 2. The molecule has 1 amide bonds. The summed E-state index contributed by atoms with van der Waals surface area (Å²) in [7, 11) is 0. The standard InChI is InChI=1S/C23H28N4O3S/c1-6-25(7-2)11-12-26(22(28)18-9-8-10-19(17(18)5)27(29)30)23-24-21-16(4)13-15(3)14-20(21)31-23/h8-10,13-14H,6-7,11-12H2,1-5H3. The van der Waals surface area contributed by atoms with E-state index in [-0.39, 0.29) is 11.6 Å². The molecule has 0 saturated heterocycles. The number of anilines is 1. The summed E-state index contributed by atoms with van der Waals surface area (Å²) in [5.74, 6) is -0.262. The van der Waals surface area contributed by atoms with Crippen molar-refractivity contribution in [1.29, 1.82) is 0 Å². The van der Waals surface area contributed by atoms with Crippen LogP contribution in [0.1, 0.15) is 40.9 Å². The molecule has 2 aromatic carbocycles. The van der Waals surface area contributed by atoms with Crippen molar-refractivity contribution in [2.45, 2.75) is 34.6 Å². The van der Waals surface area contributed by atoms with E-state index in [1.54, 1.807) is 24.0 Å². The Morgan fingerprint density at radius 3 is 2.48 bits per heavy atom. The number of thiazole rings is 1. The molecule has 164 valence electrons. The van der Waals surface area contributed by atoms with Crippen LogP contribution in [0.25, 0.3) is 10.2 Å². The Morgan fingerprint density at radius 1 is 1.13 bits per heavy atom. The minimum Gasteiger partial charge on any atom is -0.302 e. The van der Waals surface area contributed by atoms with Crippen molar-refractivity contribution in [3.63, 3.8) is 0 Å². The summed E-state index contributed by atoms with van der Waals surface area (Å²) < 4.78 is 1.03. The highest BCUT2D eigenvalue weighted by Gasteiger charge is 2.26. The van der Waals surface area contributed by atoms with E-state index in [9.17, 15) is 14.9 Å². The number of nitrogens with zero attached hydrogens (tertiary/aromatic N) is 4. The number of aromatic nitrogens is 1. The van der Waals surface area contributed by atoms with Crippen LogP contribution in [0.2, 0.25) is 0 Å². The minimum atomic E-state index is -0.448. The lowest BCUT2D eigenvalue weighted by Crippen LogP contribution is -2.39. The lowest BCUT2D eigenvalue weighted by molar-refractivity contribution is -0.385. The fraction of sp³-hybridized carbons (Fsp3) is 0.391. The van der Waals surface area contributed by atoms with Crippen LogP contribution in [0.15, 0.2) is 30.3 Å². The zero-order chi connectivity index (χ0) is 22.7. The third-order valence-electron chi connectivity index (χ3n) is 5.56. The van der Waals surface area contributed by atoms with E-state index in [1.807, 2.05) is 13.8 Å². The van der Waals surface area contributed by atoms with E-state index in [4.69, 9.17) is 4.98 Å². The van der Waals surface area contributed by atoms with Gasteiger partial charge in [-0.25, -0.2) is 4.98 Å². The molecule has 0 fully saturated rings. The number of likely N-dealkylation sites (N-methyl/N-ethyl adjacent to an activating group) is 1. The van der Waals surface area contributed by atoms with Crippen LogP contribution in [0.5, 0.6) is 0 Å². The second-order valence-electron chi connectivity index (χ2n) is 7.62. The molecule has 0 spiro atoms. The van der Waals surface area contributed by atoms with E-state index in [0.717, 1.165) is 34.4 Å². The number of nitro benzene ring substituents is 1. The molecule has 7 nitrogen and oxygen atoms in total. The summed E-state index contributed by atoms with van der Waals surface area (Å²) in [4.78, 5) is 33.2. The van der Waals surface area contributed by atoms with E-state index < -0.39 is 4.92 Å². The third-order valence-corrected chi connectivity index (χ3v) is 6.59. The predicted molar refractivity (Wildman–Crippen MR) is 126 cm³/mol. The Hall–Kier alpha value is -2.84. The van der Waals surface area contributed by atoms with E-state index in [1.165, 1.54) is 17.4 Å². The Bertz CT molecular complexity index is 1120. The Balaban J connectivity index is 2.07. The first kappa shape index (κ1) is 22.8. The number of amides is 1. The van der Waals surface area contributed by atoms with Gasteiger partial charge in [0.2, 0.25) is 0 Å². The monoisotopic (exact) mass is 440 g/mol. The Kier molecular flexibility index (Phi) is 7.02. The first-order valence-corrected chi connectivity index (χ1v) is 11.2. The first-order valence-electron chi connectivity index (χ1n) is 10.4. The summed E-state index contributed by atoms with van der Waals surface area (Å²) in [6.45, 7) is 12.8. The molecule has 0 aliphatic heterocycles. The van der Waals surface area contributed by atoms with Crippen molar-refractivity contribution in [3.8, 4) is 0 Å². The van der Waals surface area contributed by atoms with Gasteiger partial charge >= 0.3 is 0 Å². The number of hydrogen-bond donors (Lipinski definition) is 0. The number of fused-ring (bicyclic) bond motifs is 1. The number of rotatable bonds is 8. The van der Waals surface area contributed by atoms with Gasteiger partial charge in [-0.15, -0.1) is 0 Å². The van der Waals surface area contributed by atoms with E-state index in [0.29, 0.717) is 29.3 Å². The zero-order valence-corrected chi connectivity index (χ0v) is 19.5. The van der Waals surface area contributed by atoms with Gasteiger partial charge in [-0.3, -0.25) is 19.8 Å². The van der Waals surface area contributed by atoms with Crippen molar-refractivity contribution in [3.05, 3.63) is 62.7 Å². The molecule has 3 rings (SSSR count). The number of nitro groups is 1. The van der Waals surface area contributed by atoms with Gasteiger partial charge in [0, 0.05) is 30.3 Å². The Labute approximate surface area is 186 Å². The summed E-state index contributed by atoms with van der Waals surface area (Å²) >= 11 is 1.48. The van der Waals surface area contributed by atoms with Gasteiger partial charge in [0.15, 0.2) is 5.13 Å². The van der Waals surface area contributed by atoms with Crippen molar-refractivity contribution in [2.75, 3.05) is 31.1 Å². The zero-order valence-electron chi connectivity index (χ0n) is 18.6. The molecule has 0 aliphatic rings. The number of benzene rings is 2. The van der Waals surface area contributed by atoms with Gasteiger partial charge in [-0.2, -0.15) is 0 Å². The van der Waals surface area contributed by atoms with E-state index >= 15 is 0 Å². The van der Waals surface area contributed by atoms with Crippen LogP contribution in [-0.2, 0) is 0 Å². The van der Waals surface area contributed by atoms with Crippen LogP contribution in [0.4, 0.5) is 10.8 Å². The molecule has 3 aromatic rings. The molecule has 1 aromatic heterocycles. The van der Waals surface area contributed by atoms with Crippen LogP contribution in [0, 0.1) is 30.9 Å². The molecule has 8 heteroatoms. The maximum atomic E-state index is 13.6. The van der Waals surface area contributed by atoms with Crippen LogP contribution in [0.3, 0.4) is 0 Å². The number of carbonyl (C=O) groups excluding carboxylic acids is 1. The van der Waals surface area contributed by atoms with Gasteiger partial charge in [0.25, 0.3) is 11.6 Å². The molecule has 0 radical (unpaired) electrons. The van der Waals surface area contributed by atoms with Crippen LogP contribution >= 0.6 is 11.3 Å². The normalized spacial score (nSPS) is 11.3. The second-order valence-corrected chi connectivity index (χ2v) is 8.62. The molecule has 0 bridgehead atoms. The molecule has 0 N–H and O–H groups in total. The quantitative estimate of drug-likeness (QED) is 0.359.